The molecule has 1 heterocycles. The predicted octanol–water partition coefficient (Wildman–Crippen LogP) is 1.70. The molecule has 0 fully saturated rings. The number of anilines is 1. The maximum atomic E-state index is 12.0. The van der Waals surface area contributed by atoms with Crippen LogP contribution in [0.2, 0.25) is 0 Å². The van der Waals surface area contributed by atoms with E-state index in [-0.39, 0.29) is 30.3 Å². The van der Waals surface area contributed by atoms with Crippen LogP contribution in [0.3, 0.4) is 0 Å². The molecule has 2 rings (SSSR count). The normalized spacial score (nSPS) is 13.1. The highest BCUT2D eigenvalue weighted by atomic mass is 35.5. The van der Waals surface area contributed by atoms with Crippen LogP contribution in [0.1, 0.15) is 20.8 Å². The molecule has 8 heteroatoms. The number of nitrogens with zero attached hydrogens (tertiary/aromatic N) is 4. The highest BCUT2D eigenvalue weighted by Crippen LogP contribution is 2.20. The number of carbonyl (C=O) groups is 1. The first kappa shape index (κ1) is 18.1. The molecule has 0 aliphatic heterocycles. The number of nitrogens with two attached hydrogens (primary N) is 1. The van der Waals surface area contributed by atoms with Gasteiger partial charge in [0.15, 0.2) is 5.82 Å². The van der Waals surface area contributed by atoms with E-state index in [2.05, 4.69) is 20.8 Å². The minimum atomic E-state index is -0.255. The lowest BCUT2D eigenvalue weighted by molar-refractivity contribution is -0.119. The second-order valence-corrected chi connectivity index (χ2v) is 5.04. The van der Waals surface area contributed by atoms with Gasteiger partial charge in [-0.1, -0.05) is 19.1 Å². The van der Waals surface area contributed by atoms with Gasteiger partial charge >= 0.3 is 0 Å². The first-order valence-electron chi connectivity index (χ1n) is 6.96. The molecule has 7 nitrogen and oxygen atoms in total. The molecule has 0 saturated heterocycles. The molecular weight excluding hydrogens is 304 g/mol. The quantitative estimate of drug-likeness (QED) is 0.872. The van der Waals surface area contributed by atoms with Crippen molar-refractivity contribution >= 4 is 24.0 Å². The van der Waals surface area contributed by atoms with Crippen molar-refractivity contribution in [2.45, 2.75) is 33.4 Å². The molecule has 1 amide bonds. The molecule has 2 atom stereocenters. The number of rotatable bonds is 5. The smallest absolute Gasteiger partial charge is 0.228 e. The van der Waals surface area contributed by atoms with Crippen LogP contribution in [0.4, 0.5) is 5.69 Å². The van der Waals surface area contributed by atoms with Crippen molar-refractivity contribution in [2.24, 2.45) is 11.7 Å². The van der Waals surface area contributed by atoms with Crippen molar-refractivity contribution in [2.75, 3.05) is 5.32 Å². The minimum Gasteiger partial charge on any atom is -0.327 e. The van der Waals surface area contributed by atoms with Crippen molar-refractivity contribution in [3.05, 3.63) is 24.3 Å². The Morgan fingerprint density at radius 2 is 2.14 bits per heavy atom. The van der Waals surface area contributed by atoms with Gasteiger partial charge in [0.2, 0.25) is 5.91 Å². The molecule has 1 aromatic heterocycles. The number of nitrogens with one attached hydrogen (secondary N) is 1. The number of aryl methyl sites for hydroxylation is 1. The van der Waals surface area contributed by atoms with Crippen molar-refractivity contribution in [1.29, 1.82) is 0 Å². The molecule has 0 saturated carbocycles. The highest BCUT2D eigenvalue weighted by Gasteiger charge is 2.17. The van der Waals surface area contributed by atoms with Gasteiger partial charge in [0.05, 0.1) is 5.92 Å². The number of tetrazole rings is 1. The second-order valence-electron chi connectivity index (χ2n) is 5.04. The van der Waals surface area contributed by atoms with Crippen LogP contribution in [-0.4, -0.2) is 32.2 Å². The van der Waals surface area contributed by atoms with E-state index in [1.54, 1.807) is 4.68 Å². The zero-order valence-corrected chi connectivity index (χ0v) is 13.7. The number of amides is 1. The SMILES string of the molecule is CCn1nnnc1-c1cccc(NC(=O)C(C)C(C)N)c1.Cl. The number of hydrogen-bond donors (Lipinski definition) is 2. The van der Waals surface area contributed by atoms with Crippen LogP contribution in [-0.2, 0) is 11.3 Å². The first-order valence-corrected chi connectivity index (χ1v) is 6.96. The van der Waals surface area contributed by atoms with Crippen LogP contribution >= 0.6 is 12.4 Å². The third-order valence-electron chi connectivity index (χ3n) is 3.42. The predicted molar refractivity (Wildman–Crippen MR) is 87.6 cm³/mol. The molecule has 22 heavy (non-hydrogen) atoms. The number of aromatic nitrogens is 4. The zero-order valence-electron chi connectivity index (χ0n) is 12.9. The summed E-state index contributed by atoms with van der Waals surface area (Å²) in [6, 6.07) is 7.25. The molecule has 2 aromatic rings. The Hall–Kier alpha value is -1.99. The lowest BCUT2D eigenvalue weighted by atomic mass is 10.0. The number of hydrogen-bond acceptors (Lipinski definition) is 5. The summed E-state index contributed by atoms with van der Waals surface area (Å²) in [6.45, 7) is 6.27. The summed E-state index contributed by atoms with van der Waals surface area (Å²) in [5.41, 5.74) is 7.30. The average molecular weight is 325 g/mol. The molecule has 0 spiro atoms. The minimum absolute atomic E-state index is 0. The molecular formula is C14H21ClN6O. The van der Waals surface area contributed by atoms with Crippen LogP contribution in [0.5, 0.6) is 0 Å². The molecule has 120 valence electrons. The van der Waals surface area contributed by atoms with Gasteiger partial charge in [-0.2, -0.15) is 0 Å². The van der Waals surface area contributed by atoms with Crippen molar-refractivity contribution in [1.82, 2.24) is 20.2 Å². The number of benzene rings is 1. The maximum absolute atomic E-state index is 12.0. The molecule has 3 N–H and O–H groups in total. The van der Waals surface area contributed by atoms with Gasteiger partial charge in [0, 0.05) is 23.8 Å². The molecule has 0 radical (unpaired) electrons. The van der Waals surface area contributed by atoms with Crippen LogP contribution in [0, 0.1) is 5.92 Å². The van der Waals surface area contributed by atoms with E-state index in [1.807, 2.05) is 45.0 Å². The summed E-state index contributed by atoms with van der Waals surface area (Å²) < 4.78 is 1.70. The van der Waals surface area contributed by atoms with Crippen molar-refractivity contribution < 1.29 is 4.79 Å². The molecule has 2 unspecified atom stereocenters. The molecule has 0 bridgehead atoms. The number of carbonyl (C=O) groups excluding carboxylic acids is 1. The Morgan fingerprint density at radius 1 is 1.41 bits per heavy atom. The molecule has 0 aliphatic rings. The first-order chi connectivity index (χ1) is 10.0. The van der Waals surface area contributed by atoms with E-state index in [0.717, 1.165) is 5.56 Å². The van der Waals surface area contributed by atoms with Gasteiger partial charge in [-0.3, -0.25) is 4.79 Å². The Balaban J connectivity index is 0.00000242. The van der Waals surface area contributed by atoms with Gasteiger partial charge in [0.25, 0.3) is 0 Å². The van der Waals surface area contributed by atoms with E-state index in [1.165, 1.54) is 0 Å². The Bertz CT molecular complexity index is 627. The fourth-order valence-electron chi connectivity index (χ4n) is 1.86. The van der Waals surface area contributed by atoms with Crippen molar-refractivity contribution in [3.63, 3.8) is 0 Å². The van der Waals surface area contributed by atoms with E-state index in [0.29, 0.717) is 18.1 Å². The molecule has 0 aliphatic carbocycles. The maximum Gasteiger partial charge on any atom is 0.228 e. The Morgan fingerprint density at radius 3 is 2.77 bits per heavy atom. The fourth-order valence-corrected chi connectivity index (χ4v) is 1.86. The summed E-state index contributed by atoms with van der Waals surface area (Å²) in [5.74, 6) is 0.320. The highest BCUT2D eigenvalue weighted by molar-refractivity contribution is 5.93. The third kappa shape index (κ3) is 4.02. The Labute approximate surface area is 135 Å². The summed E-state index contributed by atoms with van der Waals surface area (Å²) in [7, 11) is 0. The largest absolute Gasteiger partial charge is 0.327 e. The number of halogens is 1. The van der Waals surface area contributed by atoms with E-state index < -0.39 is 0 Å². The van der Waals surface area contributed by atoms with Gasteiger partial charge in [-0.25, -0.2) is 4.68 Å². The fraction of sp³-hybridized carbons (Fsp3) is 0.429. The van der Waals surface area contributed by atoms with E-state index in [4.69, 9.17) is 5.73 Å². The second kappa shape index (κ2) is 7.86. The topological polar surface area (TPSA) is 98.7 Å². The molecule has 1 aromatic carbocycles. The van der Waals surface area contributed by atoms with Gasteiger partial charge in [-0.05, 0) is 36.4 Å². The summed E-state index contributed by atoms with van der Waals surface area (Å²) >= 11 is 0. The Kier molecular flexibility index (Phi) is 6.45. The third-order valence-corrected chi connectivity index (χ3v) is 3.42. The van der Waals surface area contributed by atoms with Crippen LogP contribution in [0.25, 0.3) is 11.4 Å². The zero-order chi connectivity index (χ0) is 15.4. The summed E-state index contributed by atoms with van der Waals surface area (Å²) in [6.07, 6.45) is 0. The lowest BCUT2D eigenvalue weighted by Gasteiger charge is -2.15. The van der Waals surface area contributed by atoms with E-state index >= 15 is 0 Å². The van der Waals surface area contributed by atoms with Crippen molar-refractivity contribution in [3.8, 4) is 11.4 Å². The monoisotopic (exact) mass is 324 g/mol. The van der Waals surface area contributed by atoms with Crippen LogP contribution < -0.4 is 11.1 Å². The van der Waals surface area contributed by atoms with Gasteiger partial charge in [0.1, 0.15) is 0 Å². The lowest BCUT2D eigenvalue weighted by Crippen LogP contribution is -2.34. The summed E-state index contributed by atoms with van der Waals surface area (Å²) in [4.78, 5) is 12.0. The van der Waals surface area contributed by atoms with Gasteiger partial charge < -0.3 is 11.1 Å². The standard InChI is InChI=1S/C14H20N6O.ClH/c1-4-20-13(17-18-19-20)11-6-5-7-12(8-11)16-14(21)9(2)10(3)15;/h5-10H,4,15H2,1-3H3,(H,16,21);1H. The van der Waals surface area contributed by atoms with Crippen LogP contribution in [0.15, 0.2) is 24.3 Å². The average Bonchev–Trinajstić information content (AvgIpc) is 2.95. The van der Waals surface area contributed by atoms with Gasteiger partial charge in [-0.15, -0.1) is 17.5 Å². The van der Waals surface area contributed by atoms with E-state index in [9.17, 15) is 4.79 Å². The summed E-state index contributed by atoms with van der Waals surface area (Å²) in [5, 5.41) is 14.5.